The minimum Gasteiger partial charge on any atom is -0.243 e. The van der Waals surface area contributed by atoms with Gasteiger partial charge in [0.1, 0.15) is 18.8 Å². The number of fused-ring (bicyclic) bond motifs is 1. The van der Waals surface area contributed by atoms with E-state index in [1.807, 2.05) is 6.20 Å². The van der Waals surface area contributed by atoms with Gasteiger partial charge in [0, 0.05) is 6.07 Å². The van der Waals surface area contributed by atoms with Gasteiger partial charge in [0.25, 0.3) is 0 Å². The fraction of sp³-hybridized carbons (Fsp3) is 0.364. The maximum absolute atomic E-state index is 4.77. The Kier molecular flexibility index (Phi) is 4.40. The molecule has 3 aromatic rings. The topological polar surface area (TPSA) is 16.8 Å². The Bertz CT molecular complexity index is 907. The van der Waals surface area contributed by atoms with E-state index in [9.17, 15) is 0 Å². The fourth-order valence-corrected chi connectivity index (χ4v) is 3.46. The van der Waals surface area contributed by atoms with Crippen LogP contribution in [0.15, 0.2) is 36.5 Å². The summed E-state index contributed by atoms with van der Waals surface area (Å²) >= 11 is 0. The van der Waals surface area contributed by atoms with Crippen molar-refractivity contribution in [2.45, 2.75) is 41.0 Å². The highest BCUT2D eigenvalue weighted by atomic mass is 15.0. The molecule has 0 aliphatic rings. The summed E-state index contributed by atoms with van der Waals surface area (Å²) in [6.07, 6.45) is 3.11. The Labute approximate surface area is 145 Å². The summed E-state index contributed by atoms with van der Waals surface area (Å²) in [6.45, 7) is 11.0. The Balaban J connectivity index is 2.16. The van der Waals surface area contributed by atoms with Crippen molar-refractivity contribution < 1.29 is 4.57 Å². The van der Waals surface area contributed by atoms with Crippen molar-refractivity contribution in [3.63, 3.8) is 0 Å². The van der Waals surface area contributed by atoms with Crippen LogP contribution in [0.3, 0.4) is 0 Å². The third-order valence-electron chi connectivity index (χ3n) is 4.82. The summed E-state index contributed by atoms with van der Waals surface area (Å²) in [7, 11) is 2.14. The number of hydrogen-bond acceptors (Lipinski definition) is 1. The number of aryl methyl sites for hydroxylation is 3. The van der Waals surface area contributed by atoms with Gasteiger partial charge in [-0.15, -0.1) is 0 Å². The molecular weight excluding hydrogens is 292 g/mol. The second kappa shape index (κ2) is 6.35. The van der Waals surface area contributed by atoms with Crippen LogP contribution in [-0.4, -0.2) is 4.98 Å². The van der Waals surface area contributed by atoms with Gasteiger partial charge >= 0.3 is 0 Å². The molecule has 0 N–H and O–H groups in total. The first-order valence-electron chi connectivity index (χ1n) is 8.72. The first-order chi connectivity index (χ1) is 11.4. The molecule has 2 heteroatoms. The average Bonchev–Trinajstić information content (AvgIpc) is 2.51. The number of rotatable bonds is 3. The smallest absolute Gasteiger partial charge is 0.231 e. The molecule has 0 saturated carbocycles. The SMILES string of the molecule is Cc1cc(C)c(C)c(-c2cnc3cc(CC(C)C)ccc3[n+]2C)c1. The molecule has 0 spiro atoms. The molecule has 1 aromatic heterocycles. The summed E-state index contributed by atoms with van der Waals surface area (Å²) in [5.41, 5.74) is 10.0. The molecule has 0 bridgehead atoms. The van der Waals surface area contributed by atoms with E-state index in [0.29, 0.717) is 5.92 Å². The van der Waals surface area contributed by atoms with Gasteiger partial charge < -0.3 is 0 Å². The van der Waals surface area contributed by atoms with Crippen LogP contribution < -0.4 is 4.57 Å². The maximum Gasteiger partial charge on any atom is 0.231 e. The molecule has 24 heavy (non-hydrogen) atoms. The zero-order valence-electron chi connectivity index (χ0n) is 15.6. The third-order valence-corrected chi connectivity index (χ3v) is 4.82. The van der Waals surface area contributed by atoms with Gasteiger partial charge in [-0.2, -0.15) is 4.57 Å². The number of nitrogens with zero attached hydrogens (tertiary/aromatic N) is 2. The molecule has 0 unspecified atom stereocenters. The van der Waals surface area contributed by atoms with Crippen LogP contribution in [0.25, 0.3) is 22.3 Å². The second-order valence-corrected chi connectivity index (χ2v) is 7.38. The molecule has 0 radical (unpaired) electrons. The largest absolute Gasteiger partial charge is 0.243 e. The molecule has 0 saturated heterocycles. The summed E-state index contributed by atoms with van der Waals surface area (Å²) in [6, 6.07) is 11.2. The summed E-state index contributed by atoms with van der Waals surface area (Å²) in [5.74, 6) is 0.661. The van der Waals surface area contributed by atoms with E-state index in [-0.39, 0.29) is 0 Å². The van der Waals surface area contributed by atoms with Crippen LogP contribution in [0.5, 0.6) is 0 Å². The zero-order chi connectivity index (χ0) is 17.4. The van der Waals surface area contributed by atoms with Crippen LogP contribution in [0.4, 0.5) is 0 Å². The highest BCUT2D eigenvalue weighted by molar-refractivity contribution is 5.74. The Morgan fingerprint density at radius 3 is 2.50 bits per heavy atom. The van der Waals surface area contributed by atoms with Crippen molar-refractivity contribution in [3.05, 3.63) is 58.8 Å². The van der Waals surface area contributed by atoms with Crippen molar-refractivity contribution in [3.8, 4) is 11.3 Å². The standard InChI is InChI=1S/C22H27N2/c1-14(2)9-18-7-8-21-20(12-18)23-13-22(24(21)6)19-11-15(3)10-16(4)17(19)5/h7-8,10-14H,9H2,1-6H3/q+1. The van der Waals surface area contributed by atoms with E-state index in [1.54, 1.807) is 0 Å². The van der Waals surface area contributed by atoms with E-state index < -0.39 is 0 Å². The molecule has 1 heterocycles. The molecule has 0 fully saturated rings. The Morgan fingerprint density at radius 1 is 1.04 bits per heavy atom. The molecule has 0 aliphatic carbocycles. The lowest BCUT2D eigenvalue weighted by Gasteiger charge is -2.10. The lowest BCUT2D eigenvalue weighted by molar-refractivity contribution is -0.634. The predicted octanol–water partition coefficient (Wildman–Crippen LogP) is 4.85. The summed E-state index contributed by atoms with van der Waals surface area (Å²) in [5, 5.41) is 0. The van der Waals surface area contributed by atoms with E-state index in [2.05, 4.69) is 76.6 Å². The fourth-order valence-electron chi connectivity index (χ4n) is 3.46. The third kappa shape index (κ3) is 3.06. The summed E-state index contributed by atoms with van der Waals surface area (Å²) < 4.78 is 2.27. The highest BCUT2D eigenvalue weighted by Crippen LogP contribution is 2.25. The molecule has 124 valence electrons. The minimum absolute atomic E-state index is 0.661. The number of aromatic nitrogens is 2. The van der Waals surface area contributed by atoms with Gasteiger partial charge in [-0.3, -0.25) is 0 Å². The quantitative estimate of drug-likeness (QED) is 0.631. The van der Waals surface area contributed by atoms with Gasteiger partial charge in [-0.25, -0.2) is 4.98 Å². The van der Waals surface area contributed by atoms with Gasteiger partial charge in [0.2, 0.25) is 11.2 Å². The van der Waals surface area contributed by atoms with Crippen molar-refractivity contribution >= 4 is 11.0 Å². The minimum atomic E-state index is 0.661. The second-order valence-electron chi connectivity index (χ2n) is 7.38. The van der Waals surface area contributed by atoms with Crippen LogP contribution in [0.2, 0.25) is 0 Å². The van der Waals surface area contributed by atoms with Crippen molar-refractivity contribution in [1.82, 2.24) is 4.98 Å². The van der Waals surface area contributed by atoms with Crippen molar-refractivity contribution in [2.24, 2.45) is 13.0 Å². The highest BCUT2D eigenvalue weighted by Gasteiger charge is 2.18. The van der Waals surface area contributed by atoms with Crippen molar-refractivity contribution in [1.29, 1.82) is 0 Å². The van der Waals surface area contributed by atoms with Crippen LogP contribution in [0.1, 0.15) is 36.1 Å². The van der Waals surface area contributed by atoms with Gasteiger partial charge in [-0.1, -0.05) is 31.5 Å². The van der Waals surface area contributed by atoms with Crippen LogP contribution in [-0.2, 0) is 13.5 Å². The molecule has 0 aliphatic heterocycles. The zero-order valence-corrected chi connectivity index (χ0v) is 15.6. The van der Waals surface area contributed by atoms with Gasteiger partial charge in [0.15, 0.2) is 0 Å². The first kappa shape index (κ1) is 16.6. The first-order valence-corrected chi connectivity index (χ1v) is 8.72. The average molecular weight is 319 g/mol. The Hall–Kier alpha value is -2.22. The molecule has 2 aromatic carbocycles. The van der Waals surface area contributed by atoms with Crippen LogP contribution in [0, 0.1) is 26.7 Å². The number of benzene rings is 2. The molecular formula is C22H27N2+. The Morgan fingerprint density at radius 2 is 1.79 bits per heavy atom. The molecule has 2 nitrogen and oxygen atoms in total. The summed E-state index contributed by atoms with van der Waals surface area (Å²) in [4.78, 5) is 4.77. The predicted molar refractivity (Wildman–Crippen MR) is 101 cm³/mol. The van der Waals surface area contributed by atoms with E-state index in [1.165, 1.54) is 39.0 Å². The lowest BCUT2D eigenvalue weighted by atomic mass is 9.97. The molecule has 0 amide bonds. The molecule has 3 rings (SSSR count). The lowest BCUT2D eigenvalue weighted by Crippen LogP contribution is -2.32. The van der Waals surface area contributed by atoms with Crippen LogP contribution >= 0.6 is 0 Å². The van der Waals surface area contributed by atoms with E-state index in [0.717, 1.165) is 11.9 Å². The van der Waals surface area contributed by atoms with Gasteiger partial charge in [-0.05, 0) is 61.9 Å². The van der Waals surface area contributed by atoms with E-state index in [4.69, 9.17) is 4.98 Å². The van der Waals surface area contributed by atoms with Gasteiger partial charge in [0.05, 0.1) is 5.56 Å². The maximum atomic E-state index is 4.77. The molecule has 0 atom stereocenters. The number of hydrogen-bond donors (Lipinski definition) is 0. The monoisotopic (exact) mass is 319 g/mol. The van der Waals surface area contributed by atoms with E-state index >= 15 is 0 Å². The van der Waals surface area contributed by atoms with Crippen molar-refractivity contribution in [2.75, 3.05) is 0 Å². The normalized spacial score (nSPS) is 11.5.